The molecule has 10 amide bonds. The Hall–Kier alpha value is -8.40. The van der Waals surface area contributed by atoms with E-state index >= 15 is 4.79 Å². The quantitative estimate of drug-likeness (QED) is 0.0257. The first-order valence-corrected chi connectivity index (χ1v) is 32.7. The van der Waals surface area contributed by atoms with Gasteiger partial charge in [0.05, 0.1) is 0 Å². The minimum absolute atomic E-state index is 0.00496. The molecule has 3 atom stereocenters. The fourth-order valence-corrected chi connectivity index (χ4v) is 12.5. The summed E-state index contributed by atoms with van der Waals surface area (Å²) in [6, 6.07) is 26.9. The summed E-state index contributed by atoms with van der Waals surface area (Å²) in [6.45, 7) is 25.4. The Balaban J connectivity index is 1.08. The summed E-state index contributed by atoms with van der Waals surface area (Å²) in [6.07, 6.45) is 1.04. The van der Waals surface area contributed by atoms with E-state index in [1.807, 2.05) is 96.1 Å². The minimum Gasteiger partial charge on any atom is -0.445 e. The predicted molar refractivity (Wildman–Crippen MR) is 360 cm³/mol. The third kappa shape index (κ3) is 16.3. The summed E-state index contributed by atoms with van der Waals surface area (Å²) >= 11 is 0. The average molecular weight is 1280 g/mol. The highest BCUT2D eigenvalue weighted by atomic mass is 16.5. The van der Waals surface area contributed by atoms with E-state index < -0.39 is 97.3 Å². The number of rotatable bonds is 25. The molecule has 504 valence electrons. The van der Waals surface area contributed by atoms with Crippen molar-refractivity contribution < 1.29 is 52.7 Å². The fraction of sp³-hybridized carbons (Fsp3) is 0.549. The van der Waals surface area contributed by atoms with Gasteiger partial charge in [0.1, 0.15) is 50.9 Å². The zero-order valence-corrected chi connectivity index (χ0v) is 57.1. The first kappa shape index (κ1) is 72.0. The van der Waals surface area contributed by atoms with Crippen LogP contribution in [-0.2, 0) is 49.7 Å². The van der Waals surface area contributed by atoms with Gasteiger partial charge >= 0.3 is 6.09 Å². The van der Waals surface area contributed by atoms with E-state index in [0.717, 1.165) is 37.9 Å². The number of alkyl carbamates (subject to hydrolysis) is 1. The standard InChI is InChI=1S/C71H99N11O11/c1-16-33-67(13,57(87)75-65(9,10)55(85)79-70(36-40-72-41-37-70)60(90)73-63(4,5)6)77-59(89)69(15,35-18-3)76-54(84)64(7,8)74-58(88)68(14,34-17-2)78-61(91)71(80-56(86)66(11,12)81-62(92)93-44-45-23-20-19-21-24-45)38-42-82(43-39-71)53(83)50-32-30-48-28-27-46-25-22-26-47-29-31-49(50)52(48)51(46)47/h19-32,72H,16-18,33-44H2,1-15H3,(H,73,90)(H,74,88)(H,75,87)(H,76,84)(H,77,89)(H,78,91)(H,79,85)(H,80,86)(H,81,92)/t67-,68-,69-/m0/s1. The maximum Gasteiger partial charge on any atom is 0.408 e. The van der Waals surface area contributed by atoms with E-state index in [2.05, 4.69) is 59.2 Å². The van der Waals surface area contributed by atoms with Crippen molar-refractivity contribution in [3.8, 4) is 0 Å². The number of likely N-dealkylation sites (tertiary alicyclic amines) is 1. The number of carbonyl (C=O) groups is 10. The van der Waals surface area contributed by atoms with Gasteiger partial charge < -0.3 is 62.8 Å². The lowest BCUT2D eigenvalue weighted by atomic mass is 9.83. The number of benzene rings is 5. The van der Waals surface area contributed by atoms with Gasteiger partial charge in [-0.25, -0.2) is 4.79 Å². The summed E-state index contributed by atoms with van der Waals surface area (Å²) in [5.41, 5.74) is -12.4. The normalized spacial score (nSPS) is 17.1. The van der Waals surface area contributed by atoms with Gasteiger partial charge in [0.25, 0.3) is 5.91 Å². The van der Waals surface area contributed by atoms with E-state index in [1.165, 1.54) is 55.4 Å². The molecule has 0 unspecified atom stereocenters. The maximum atomic E-state index is 15.4. The van der Waals surface area contributed by atoms with Crippen molar-refractivity contribution in [1.29, 1.82) is 0 Å². The molecule has 2 aliphatic heterocycles. The monoisotopic (exact) mass is 1280 g/mol. The van der Waals surface area contributed by atoms with Crippen molar-refractivity contribution in [2.24, 2.45) is 0 Å². The number of carbonyl (C=O) groups excluding carboxylic acids is 10. The molecule has 0 aliphatic carbocycles. The van der Waals surface area contributed by atoms with Gasteiger partial charge in [-0.2, -0.15) is 0 Å². The molecule has 22 heteroatoms. The molecule has 0 bridgehead atoms. The zero-order valence-electron chi connectivity index (χ0n) is 57.1. The summed E-state index contributed by atoms with van der Waals surface area (Å²) in [5, 5.41) is 35.0. The third-order valence-electron chi connectivity index (χ3n) is 18.3. The van der Waals surface area contributed by atoms with Crippen LogP contribution in [0.2, 0.25) is 0 Å². The van der Waals surface area contributed by atoms with Gasteiger partial charge in [0.15, 0.2) is 0 Å². The van der Waals surface area contributed by atoms with Crippen LogP contribution in [-0.4, -0.2) is 140 Å². The first-order chi connectivity index (χ1) is 43.4. The number of amides is 10. The van der Waals surface area contributed by atoms with Crippen molar-refractivity contribution in [3.05, 3.63) is 96.1 Å². The molecule has 5 aromatic rings. The molecule has 22 nitrogen and oxygen atoms in total. The van der Waals surface area contributed by atoms with Gasteiger partial charge in [-0.3, -0.25) is 43.2 Å². The smallest absolute Gasteiger partial charge is 0.408 e. The van der Waals surface area contributed by atoms with E-state index in [0.29, 0.717) is 50.8 Å². The van der Waals surface area contributed by atoms with Crippen LogP contribution in [0.4, 0.5) is 4.79 Å². The Bertz CT molecular complexity index is 3610. The van der Waals surface area contributed by atoms with Crippen molar-refractivity contribution >= 4 is 91.6 Å². The second-order valence-corrected chi connectivity index (χ2v) is 28.9. The van der Waals surface area contributed by atoms with Crippen LogP contribution in [0.3, 0.4) is 0 Å². The zero-order chi connectivity index (χ0) is 68.8. The van der Waals surface area contributed by atoms with Crippen LogP contribution >= 0.6 is 0 Å². The molecule has 0 spiro atoms. The topological polar surface area (TPSA) is 303 Å². The number of nitrogens with zero attached hydrogens (tertiary/aromatic N) is 1. The Morgan fingerprint density at radius 1 is 0.452 bits per heavy atom. The molecule has 2 aliphatic rings. The number of ether oxygens (including phenoxy) is 1. The highest BCUT2D eigenvalue weighted by Crippen LogP contribution is 2.37. The molecule has 5 aromatic carbocycles. The average Bonchev–Trinajstić information content (AvgIpc) is 0.741. The lowest BCUT2D eigenvalue weighted by molar-refractivity contribution is -0.144. The Kier molecular flexibility index (Phi) is 21.7. The van der Waals surface area contributed by atoms with Crippen LogP contribution in [0.25, 0.3) is 32.3 Å². The summed E-state index contributed by atoms with van der Waals surface area (Å²) in [4.78, 5) is 146. The second-order valence-electron chi connectivity index (χ2n) is 28.9. The lowest BCUT2D eigenvalue weighted by Crippen LogP contribution is -2.72. The number of nitrogens with one attached hydrogen (secondary N) is 10. The van der Waals surface area contributed by atoms with Gasteiger partial charge in [0, 0.05) is 24.2 Å². The highest BCUT2D eigenvalue weighted by Gasteiger charge is 2.52. The van der Waals surface area contributed by atoms with E-state index in [1.54, 1.807) is 36.1 Å². The molecule has 7 rings (SSSR count). The largest absolute Gasteiger partial charge is 0.445 e. The molecule has 0 radical (unpaired) electrons. The van der Waals surface area contributed by atoms with Crippen molar-refractivity contribution in [3.63, 3.8) is 0 Å². The van der Waals surface area contributed by atoms with E-state index in [-0.39, 0.29) is 63.6 Å². The van der Waals surface area contributed by atoms with Crippen molar-refractivity contribution in [2.45, 2.75) is 225 Å². The Morgan fingerprint density at radius 3 is 1.40 bits per heavy atom. The lowest BCUT2D eigenvalue weighted by Gasteiger charge is -2.44. The first-order valence-electron chi connectivity index (χ1n) is 32.7. The molecule has 2 fully saturated rings. The summed E-state index contributed by atoms with van der Waals surface area (Å²) < 4.78 is 5.46. The summed E-state index contributed by atoms with van der Waals surface area (Å²) in [5.74, 6) is -5.60. The van der Waals surface area contributed by atoms with Gasteiger partial charge in [-0.15, -0.1) is 0 Å². The third-order valence-corrected chi connectivity index (χ3v) is 18.3. The molecular formula is C71H99N11O11. The molecule has 0 saturated carbocycles. The van der Waals surface area contributed by atoms with Crippen LogP contribution in [0.5, 0.6) is 0 Å². The highest BCUT2D eigenvalue weighted by molar-refractivity contribution is 6.26. The second kappa shape index (κ2) is 28.0. The van der Waals surface area contributed by atoms with E-state index in [9.17, 15) is 43.2 Å². The Labute approximate surface area is 546 Å². The number of piperidine rings is 2. The summed E-state index contributed by atoms with van der Waals surface area (Å²) in [7, 11) is 0. The van der Waals surface area contributed by atoms with Crippen LogP contribution in [0.1, 0.15) is 184 Å². The molecule has 2 heterocycles. The number of hydrogen-bond donors (Lipinski definition) is 10. The van der Waals surface area contributed by atoms with Gasteiger partial charge in [-0.05, 0) is 185 Å². The molecule has 10 N–H and O–H groups in total. The molecule has 2 saturated heterocycles. The van der Waals surface area contributed by atoms with Crippen LogP contribution in [0, 0.1) is 0 Å². The molecular weight excluding hydrogens is 1180 g/mol. The maximum absolute atomic E-state index is 15.4. The Morgan fingerprint density at radius 2 is 0.882 bits per heavy atom. The van der Waals surface area contributed by atoms with E-state index in [4.69, 9.17) is 4.74 Å². The van der Waals surface area contributed by atoms with Crippen molar-refractivity contribution in [1.82, 2.24) is 58.1 Å². The van der Waals surface area contributed by atoms with Gasteiger partial charge in [0.2, 0.25) is 47.3 Å². The van der Waals surface area contributed by atoms with Crippen molar-refractivity contribution in [2.75, 3.05) is 26.2 Å². The van der Waals surface area contributed by atoms with Gasteiger partial charge in [-0.1, -0.05) is 119 Å². The minimum atomic E-state index is -1.76. The van der Waals surface area contributed by atoms with Crippen LogP contribution in [0.15, 0.2) is 84.9 Å². The molecule has 0 aromatic heterocycles. The molecule has 93 heavy (non-hydrogen) atoms. The predicted octanol–water partition coefficient (Wildman–Crippen LogP) is 7.35. The van der Waals surface area contributed by atoms with Crippen LogP contribution < -0.4 is 53.2 Å². The number of hydrogen-bond acceptors (Lipinski definition) is 12. The fourth-order valence-electron chi connectivity index (χ4n) is 12.5. The SMILES string of the molecule is CCC[C@](C)(NC(=O)C(C)(C)NC(=O)[C@](C)(CCC)NC(=O)C1(NC(=O)C(C)(C)NC(=O)OCc2ccccc2)CCN(C(=O)c2ccc3ccc4cccc5ccc2c3c45)CC1)C(=O)N[C@@](C)(CCC)C(=O)NC(C)(C)C(=O)NC1(C(=O)NC(C)(C)C)CCNCC1.